The molecule has 22 heavy (non-hydrogen) atoms. The predicted octanol–water partition coefficient (Wildman–Crippen LogP) is 1.87. The number of carboxylic acid groups (broad SMARTS) is 1. The van der Waals surface area contributed by atoms with Crippen molar-refractivity contribution >= 4 is 5.97 Å². The Balaban J connectivity index is 0. The average molecular weight is 350 g/mol. The van der Waals surface area contributed by atoms with E-state index in [0.29, 0.717) is 6.42 Å². The molecule has 0 fully saturated rings. The molecule has 0 radical (unpaired) electrons. The van der Waals surface area contributed by atoms with Crippen molar-refractivity contribution in [3.05, 3.63) is 41.7 Å². The zero-order valence-corrected chi connectivity index (χ0v) is 15.0. The average Bonchev–Trinajstić information content (AvgIpc) is 2.34. The quantitative estimate of drug-likeness (QED) is 0.602. The Hall–Kier alpha value is -1.10. The molecular formula is C16H26FeN2O3. The standard InChI is InChI=1S/C15H23N2O3.CH3.Fe/c1-11(2)9-13(15(19)20)17-10-12(5-6-14(17)18)7-8-16(3)4;;/h6,10-11,13H,7-9H2,1-4H3,(H,19,20);1H3;/q2*-1;+2. The molecular weight excluding hydrogens is 324 g/mol. The number of hydrogen-bond donors (Lipinski definition) is 1. The maximum absolute atomic E-state index is 11.9. The first-order chi connectivity index (χ1) is 9.31. The van der Waals surface area contributed by atoms with Gasteiger partial charge in [-0.3, -0.25) is 4.79 Å². The molecule has 0 aliphatic carbocycles. The van der Waals surface area contributed by atoms with Gasteiger partial charge < -0.3 is 26.8 Å². The third-order valence-corrected chi connectivity index (χ3v) is 3.07. The van der Waals surface area contributed by atoms with E-state index < -0.39 is 12.0 Å². The van der Waals surface area contributed by atoms with Crippen molar-refractivity contribution in [3.8, 4) is 0 Å². The molecule has 1 unspecified atom stereocenters. The van der Waals surface area contributed by atoms with E-state index in [-0.39, 0.29) is 36.0 Å². The van der Waals surface area contributed by atoms with Crippen LogP contribution in [0, 0.1) is 19.4 Å². The van der Waals surface area contributed by atoms with E-state index in [4.69, 9.17) is 0 Å². The fourth-order valence-electron chi connectivity index (χ4n) is 2.00. The molecule has 1 aromatic rings. The van der Waals surface area contributed by atoms with Gasteiger partial charge in [-0.1, -0.05) is 20.0 Å². The van der Waals surface area contributed by atoms with Crippen molar-refractivity contribution in [2.75, 3.05) is 20.6 Å². The van der Waals surface area contributed by atoms with Crippen LogP contribution in [0.1, 0.15) is 31.9 Å². The van der Waals surface area contributed by atoms with Crippen LogP contribution in [-0.2, 0) is 28.3 Å². The molecule has 5 nitrogen and oxygen atoms in total. The SMILES string of the molecule is CC(C)CC(C(=O)O)n1cc(CCN(C)C)[c-]cc1=O.[CH3-].[Fe+2]. The zero-order chi connectivity index (χ0) is 15.3. The Kier molecular flexibility index (Phi) is 11.2. The molecule has 0 amide bonds. The van der Waals surface area contributed by atoms with E-state index in [9.17, 15) is 14.7 Å². The maximum atomic E-state index is 11.9. The minimum atomic E-state index is -0.967. The molecule has 1 atom stereocenters. The van der Waals surface area contributed by atoms with E-state index in [2.05, 4.69) is 6.07 Å². The molecule has 1 aromatic heterocycles. The maximum Gasteiger partial charge on any atom is 2.00 e. The number of nitrogens with zero attached hydrogens (tertiary/aromatic N) is 2. The van der Waals surface area contributed by atoms with Crippen LogP contribution in [0.4, 0.5) is 0 Å². The van der Waals surface area contributed by atoms with E-state index in [1.54, 1.807) is 6.20 Å². The Morgan fingerprint density at radius 3 is 2.45 bits per heavy atom. The summed E-state index contributed by atoms with van der Waals surface area (Å²) in [6, 6.07) is 3.45. The predicted molar refractivity (Wildman–Crippen MR) is 84.3 cm³/mol. The van der Waals surface area contributed by atoms with E-state index in [1.165, 1.54) is 10.6 Å². The Labute approximate surface area is 143 Å². The minimum Gasteiger partial charge on any atom is -0.480 e. The smallest absolute Gasteiger partial charge is 0.480 e. The fourth-order valence-corrected chi connectivity index (χ4v) is 2.00. The zero-order valence-electron chi connectivity index (χ0n) is 13.9. The van der Waals surface area contributed by atoms with Crippen molar-refractivity contribution < 1.29 is 27.0 Å². The van der Waals surface area contributed by atoms with Gasteiger partial charge in [-0.15, -0.1) is 11.6 Å². The molecule has 0 aliphatic rings. The second kappa shape index (κ2) is 10.6. The minimum absolute atomic E-state index is 0. The van der Waals surface area contributed by atoms with Gasteiger partial charge in [0.15, 0.2) is 0 Å². The normalized spacial score (nSPS) is 11.7. The Morgan fingerprint density at radius 1 is 1.41 bits per heavy atom. The molecule has 6 heteroatoms. The van der Waals surface area contributed by atoms with Crippen LogP contribution in [-0.4, -0.2) is 41.2 Å². The van der Waals surface area contributed by atoms with Gasteiger partial charge in [0.2, 0.25) is 0 Å². The number of rotatable bonds is 7. The molecule has 0 saturated carbocycles. The monoisotopic (exact) mass is 350 g/mol. The fraction of sp³-hybridized carbons (Fsp3) is 0.562. The van der Waals surface area contributed by atoms with Crippen LogP contribution >= 0.6 is 0 Å². The first kappa shape index (κ1) is 23.2. The number of likely N-dealkylation sites (N-methyl/N-ethyl adjacent to an activating group) is 1. The second-order valence-electron chi connectivity index (χ2n) is 5.73. The second-order valence-corrected chi connectivity index (χ2v) is 5.73. The Bertz CT molecular complexity index is 512. The number of carbonyl (C=O) groups is 1. The summed E-state index contributed by atoms with van der Waals surface area (Å²) in [7, 11) is 3.93. The van der Waals surface area contributed by atoms with Gasteiger partial charge in [-0.05, 0) is 39.4 Å². The van der Waals surface area contributed by atoms with Gasteiger partial charge in [-0.25, -0.2) is 0 Å². The van der Waals surface area contributed by atoms with Crippen molar-refractivity contribution in [1.29, 1.82) is 0 Å². The number of aromatic nitrogens is 1. The molecule has 0 spiro atoms. The molecule has 126 valence electrons. The third-order valence-electron chi connectivity index (χ3n) is 3.07. The Morgan fingerprint density at radius 2 is 2.00 bits per heavy atom. The van der Waals surface area contributed by atoms with Crippen molar-refractivity contribution in [1.82, 2.24) is 9.47 Å². The number of pyridine rings is 1. The van der Waals surface area contributed by atoms with Gasteiger partial charge in [-0.2, -0.15) is 6.07 Å². The van der Waals surface area contributed by atoms with Crippen LogP contribution in [0.5, 0.6) is 0 Å². The molecule has 0 aromatic carbocycles. The molecule has 1 N–H and O–H groups in total. The topological polar surface area (TPSA) is 62.5 Å². The molecule has 0 aliphatic heterocycles. The van der Waals surface area contributed by atoms with Gasteiger partial charge in [0, 0.05) is 0 Å². The first-order valence-electron chi connectivity index (χ1n) is 6.81. The summed E-state index contributed by atoms with van der Waals surface area (Å²) in [6.07, 6.45) is 2.81. The number of aliphatic carboxylic acids is 1. The number of carboxylic acids is 1. The van der Waals surface area contributed by atoms with Crippen molar-refractivity contribution in [2.24, 2.45) is 5.92 Å². The summed E-state index contributed by atoms with van der Waals surface area (Å²) < 4.78 is 1.32. The summed E-state index contributed by atoms with van der Waals surface area (Å²) in [5, 5.41) is 9.33. The summed E-state index contributed by atoms with van der Waals surface area (Å²) in [5.41, 5.74) is 0.542. The molecule has 1 heterocycles. The summed E-state index contributed by atoms with van der Waals surface area (Å²) >= 11 is 0. The van der Waals surface area contributed by atoms with Gasteiger partial charge in [0.1, 0.15) is 11.6 Å². The van der Waals surface area contributed by atoms with Gasteiger partial charge >= 0.3 is 23.0 Å². The van der Waals surface area contributed by atoms with Crippen LogP contribution < -0.4 is 5.56 Å². The van der Waals surface area contributed by atoms with Crippen LogP contribution in [0.25, 0.3) is 0 Å². The van der Waals surface area contributed by atoms with Crippen LogP contribution in [0.15, 0.2) is 17.1 Å². The summed E-state index contributed by atoms with van der Waals surface area (Å²) in [5.74, 6) is -0.761. The van der Waals surface area contributed by atoms with Crippen LogP contribution in [0.2, 0.25) is 0 Å². The molecule has 1 rings (SSSR count). The third kappa shape index (κ3) is 7.25. The molecule has 0 bridgehead atoms. The summed E-state index contributed by atoms with van der Waals surface area (Å²) in [6.45, 7) is 4.72. The number of hydrogen-bond acceptors (Lipinski definition) is 3. The largest absolute Gasteiger partial charge is 2.00 e. The van der Waals surface area contributed by atoms with E-state index >= 15 is 0 Å². The van der Waals surface area contributed by atoms with Gasteiger partial charge in [0.25, 0.3) is 0 Å². The van der Waals surface area contributed by atoms with Crippen LogP contribution in [0.3, 0.4) is 0 Å². The molecule has 0 saturated heterocycles. The van der Waals surface area contributed by atoms with E-state index in [0.717, 1.165) is 18.5 Å². The van der Waals surface area contributed by atoms with Crippen molar-refractivity contribution in [3.63, 3.8) is 0 Å². The van der Waals surface area contributed by atoms with Gasteiger partial charge in [0.05, 0.1) is 0 Å². The first-order valence-corrected chi connectivity index (χ1v) is 6.81. The van der Waals surface area contributed by atoms with E-state index in [1.807, 2.05) is 32.8 Å². The summed E-state index contributed by atoms with van der Waals surface area (Å²) in [4.78, 5) is 25.3. The van der Waals surface area contributed by atoms with Crippen molar-refractivity contribution in [2.45, 2.75) is 32.7 Å².